The molecule has 0 radical (unpaired) electrons. The van der Waals surface area contributed by atoms with Gasteiger partial charge in [0.25, 0.3) is 0 Å². The number of thioether (sulfide) groups is 1. The van der Waals surface area contributed by atoms with Crippen LogP contribution in [0.4, 0.5) is 0 Å². The molecule has 1 saturated heterocycles. The molecule has 0 aliphatic carbocycles. The summed E-state index contributed by atoms with van der Waals surface area (Å²) in [6, 6.07) is 7.75. The Hall–Kier alpha value is -0.750. The first-order valence-electron chi connectivity index (χ1n) is 7.53. The van der Waals surface area contributed by atoms with Crippen molar-refractivity contribution in [3.8, 4) is 0 Å². The first-order chi connectivity index (χ1) is 10.7. The third kappa shape index (κ3) is 4.88. The Morgan fingerprint density at radius 1 is 1.36 bits per heavy atom. The van der Waals surface area contributed by atoms with Gasteiger partial charge in [0.15, 0.2) is 0 Å². The Bertz CT molecular complexity index is 470. The van der Waals surface area contributed by atoms with E-state index in [0.717, 1.165) is 41.6 Å². The predicted octanol–water partition coefficient (Wildman–Crippen LogP) is 2.56. The molecular weight excluding hydrogens is 320 g/mol. The molecule has 1 amide bonds. The molecule has 0 spiro atoms. The van der Waals surface area contributed by atoms with E-state index in [4.69, 9.17) is 16.3 Å². The average molecular weight is 343 g/mol. The third-order valence-corrected chi connectivity index (χ3v) is 5.20. The second-order valence-corrected chi connectivity index (χ2v) is 7.13. The van der Waals surface area contributed by atoms with Gasteiger partial charge in [-0.15, -0.1) is 11.8 Å². The normalized spacial score (nSPS) is 17.2. The van der Waals surface area contributed by atoms with Crippen molar-refractivity contribution in [3.05, 3.63) is 29.3 Å². The van der Waals surface area contributed by atoms with Crippen molar-refractivity contribution in [1.82, 2.24) is 10.6 Å². The summed E-state index contributed by atoms with van der Waals surface area (Å²) in [7, 11) is 1.66. The van der Waals surface area contributed by atoms with Gasteiger partial charge in [0, 0.05) is 29.3 Å². The molecule has 0 bridgehead atoms. The fourth-order valence-electron chi connectivity index (χ4n) is 2.67. The van der Waals surface area contributed by atoms with E-state index in [1.165, 1.54) is 0 Å². The summed E-state index contributed by atoms with van der Waals surface area (Å²) < 4.78 is 5.29. The molecule has 6 heteroatoms. The van der Waals surface area contributed by atoms with Crippen molar-refractivity contribution in [3.63, 3.8) is 0 Å². The van der Waals surface area contributed by atoms with Crippen LogP contribution < -0.4 is 10.6 Å². The fraction of sp³-hybridized carbons (Fsp3) is 0.562. The van der Waals surface area contributed by atoms with Gasteiger partial charge in [-0.05, 0) is 50.2 Å². The maximum absolute atomic E-state index is 12.5. The van der Waals surface area contributed by atoms with E-state index in [2.05, 4.69) is 10.6 Å². The van der Waals surface area contributed by atoms with Crippen molar-refractivity contribution < 1.29 is 9.53 Å². The summed E-state index contributed by atoms with van der Waals surface area (Å²) in [6.45, 7) is 2.89. The smallest absolute Gasteiger partial charge is 0.228 e. The fourth-order valence-corrected chi connectivity index (χ4v) is 3.56. The number of hydrogen-bond donors (Lipinski definition) is 2. The minimum Gasteiger partial charge on any atom is -0.384 e. The molecule has 0 atom stereocenters. The molecule has 2 rings (SSSR count). The zero-order chi connectivity index (χ0) is 15.8. The van der Waals surface area contributed by atoms with Crippen LogP contribution in [0.3, 0.4) is 0 Å². The van der Waals surface area contributed by atoms with Crippen LogP contribution in [0.5, 0.6) is 0 Å². The number of amides is 1. The highest BCUT2D eigenvalue weighted by Crippen LogP contribution is 2.29. The van der Waals surface area contributed by atoms with E-state index in [0.29, 0.717) is 13.2 Å². The van der Waals surface area contributed by atoms with Gasteiger partial charge in [-0.1, -0.05) is 11.6 Å². The summed E-state index contributed by atoms with van der Waals surface area (Å²) >= 11 is 7.58. The minimum atomic E-state index is -0.370. The van der Waals surface area contributed by atoms with Gasteiger partial charge in [-0.3, -0.25) is 4.79 Å². The quantitative estimate of drug-likeness (QED) is 0.590. The molecule has 0 aromatic heterocycles. The number of carbonyl (C=O) groups excluding carboxylic acids is 1. The first kappa shape index (κ1) is 17.6. The Kier molecular flexibility index (Phi) is 7.02. The molecule has 1 aromatic carbocycles. The number of methoxy groups -OCH3 is 1. The molecular formula is C16H23ClN2O2S. The third-order valence-electron chi connectivity index (χ3n) is 3.93. The van der Waals surface area contributed by atoms with Gasteiger partial charge in [-0.2, -0.15) is 0 Å². The molecule has 4 nitrogen and oxygen atoms in total. The molecule has 2 N–H and O–H groups in total. The highest BCUT2D eigenvalue weighted by Gasteiger charge is 2.39. The second-order valence-electron chi connectivity index (χ2n) is 5.52. The average Bonchev–Trinajstić information content (AvgIpc) is 2.54. The van der Waals surface area contributed by atoms with Crippen molar-refractivity contribution in [1.29, 1.82) is 0 Å². The Morgan fingerprint density at radius 2 is 2.05 bits per heavy atom. The molecule has 1 heterocycles. The van der Waals surface area contributed by atoms with Crippen LogP contribution in [0.2, 0.25) is 5.02 Å². The predicted molar refractivity (Wildman–Crippen MR) is 91.6 cm³/mol. The maximum Gasteiger partial charge on any atom is 0.228 e. The van der Waals surface area contributed by atoms with Crippen LogP contribution in [-0.4, -0.2) is 45.0 Å². The van der Waals surface area contributed by atoms with Gasteiger partial charge in [0.05, 0.1) is 12.0 Å². The number of nitrogens with one attached hydrogen (secondary N) is 2. The number of ether oxygens (including phenoxy) is 1. The molecule has 0 saturated carbocycles. The monoisotopic (exact) mass is 342 g/mol. The molecule has 1 fully saturated rings. The van der Waals surface area contributed by atoms with Crippen LogP contribution in [0, 0.1) is 5.41 Å². The standard InChI is InChI=1S/C16H23ClN2O2S/c1-21-12-16(6-8-18-9-7-16)15(20)19-10-11-22-14-4-2-13(17)3-5-14/h2-5,18H,6-12H2,1H3,(H,19,20). The largest absolute Gasteiger partial charge is 0.384 e. The summed E-state index contributed by atoms with van der Waals surface area (Å²) in [6.07, 6.45) is 1.66. The summed E-state index contributed by atoms with van der Waals surface area (Å²) in [4.78, 5) is 13.7. The van der Waals surface area contributed by atoms with E-state index < -0.39 is 0 Å². The SMILES string of the molecule is COCC1(C(=O)NCCSc2ccc(Cl)cc2)CCNCC1. The van der Waals surface area contributed by atoms with Gasteiger partial charge in [-0.25, -0.2) is 0 Å². The Morgan fingerprint density at radius 3 is 2.68 bits per heavy atom. The molecule has 1 aliphatic rings. The van der Waals surface area contributed by atoms with Crippen molar-refractivity contribution in [2.24, 2.45) is 5.41 Å². The Labute approximate surface area is 141 Å². The molecule has 0 unspecified atom stereocenters. The molecule has 122 valence electrons. The van der Waals surface area contributed by atoms with Crippen LogP contribution in [-0.2, 0) is 9.53 Å². The van der Waals surface area contributed by atoms with Crippen LogP contribution in [0.25, 0.3) is 0 Å². The van der Waals surface area contributed by atoms with Gasteiger partial charge >= 0.3 is 0 Å². The lowest BCUT2D eigenvalue weighted by Crippen LogP contribution is -2.50. The van der Waals surface area contributed by atoms with Crippen molar-refractivity contribution in [2.45, 2.75) is 17.7 Å². The minimum absolute atomic E-state index is 0.118. The summed E-state index contributed by atoms with van der Waals surface area (Å²) in [5, 5.41) is 7.10. The lowest BCUT2D eigenvalue weighted by atomic mass is 9.78. The van der Waals surface area contributed by atoms with E-state index in [-0.39, 0.29) is 11.3 Å². The van der Waals surface area contributed by atoms with E-state index in [1.54, 1.807) is 18.9 Å². The maximum atomic E-state index is 12.5. The topological polar surface area (TPSA) is 50.4 Å². The zero-order valence-corrected chi connectivity index (χ0v) is 14.4. The lowest BCUT2D eigenvalue weighted by Gasteiger charge is -2.35. The van der Waals surface area contributed by atoms with E-state index in [1.807, 2.05) is 24.3 Å². The van der Waals surface area contributed by atoms with Crippen LogP contribution in [0.1, 0.15) is 12.8 Å². The van der Waals surface area contributed by atoms with Crippen LogP contribution >= 0.6 is 23.4 Å². The number of halogens is 1. The molecule has 1 aliphatic heterocycles. The highest BCUT2D eigenvalue weighted by atomic mass is 35.5. The number of piperidine rings is 1. The summed E-state index contributed by atoms with van der Waals surface area (Å²) in [5.74, 6) is 0.960. The van der Waals surface area contributed by atoms with Crippen molar-refractivity contribution >= 4 is 29.3 Å². The number of benzene rings is 1. The lowest BCUT2D eigenvalue weighted by molar-refractivity contribution is -0.136. The van der Waals surface area contributed by atoms with Crippen LogP contribution in [0.15, 0.2) is 29.2 Å². The molecule has 1 aromatic rings. The molecule has 22 heavy (non-hydrogen) atoms. The van der Waals surface area contributed by atoms with Gasteiger partial charge in [0.1, 0.15) is 0 Å². The number of hydrogen-bond acceptors (Lipinski definition) is 4. The highest BCUT2D eigenvalue weighted by molar-refractivity contribution is 7.99. The number of rotatable bonds is 7. The number of carbonyl (C=O) groups is 1. The zero-order valence-electron chi connectivity index (χ0n) is 12.9. The van der Waals surface area contributed by atoms with Gasteiger partial charge in [0.2, 0.25) is 5.91 Å². The second kappa shape index (κ2) is 8.77. The van der Waals surface area contributed by atoms with E-state index in [9.17, 15) is 4.79 Å². The Balaban J connectivity index is 1.77. The van der Waals surface area contributed by atoms with Gasteiger partial charge < -0.3 is 15.4 Å². The van der Waals surface area contributed by atoms with E-state index >= 15 is 0 Å². The first-order valence-corrected chi connectivity index (χ1v) is 8.89. The summed E-state index contributed by atoms with van der Waals surface area (Å²) in [5.41, 5.74) is -0.370. The van der Waals surface area contributed by atoms with Crippen molar-refractivity contribution in [2.75, 3.05) is 39.1 Å².